The first-order chi connectivity index (χ1) is 7.22. The summed E-state index contributed by atoms with van der Waals surface area (Å²) in [7, 11) is 0. The average Bonchev–Trinajstić information content (AvgIpc) is 2.20. The Balaban J connectivity index is 2.36. The van der Waals surface area contributed by atoms with Gasteiger partial charge in [0.25, 0.3) is 0 Å². The fourth-order valence-corrected chi connectivity index (χ4v) is 1.79. The molecular weight excluding hydrogens is 180 g/mol. The standard InChI is InChI=1S/C15H23/c1-4-6-14-9-11-15(12-10-14)8-5-7-13(2)3/h9-13H,1,4-8H2,2-3H3. The van der Waals surface area contributed by atoms with Gasteiger partial charge in [0.05, 0.1) is 0 Å². The van der Waals surface area contributed by atoms with Crippen molar-refractivity contribution in [3.05, 3.63) is 42.3 Å². The molecule has 0 unspecified atom stereocenters. The van der Waals surface area contributed by atoms with E-state index in [4.69, 9.17) is 0 Å². The molecule has 1 aromatic carbocycles. The minimum atomic E-state index is 0.829. The smallest absolute Gasteiger partial charge is 0.0279 e. The molecule has 0 heteroatoms. The third-order valence-corrected chi connectivity index (χ3v) is 2.74. The van der Waals surface area contributed by atoms with Crippen LogP contribution in [0.2, 0.25) is 0 Å². The molecule has 0 aromatic heterocycles. The Morgan fingerprint density at radius 2 is 1.53 bits per heavy atom. The van der Waals surface area contributed by atoms with Crippen molar-refractivity contribution in [3.8, 4) is 0 Å². The van der Waals surface area contributed by atoms with Crippen molar-refractivity contribution in [3.63, 3.8) is 0 Å². The summed E-state index contributed by atoms with van der Waals surface area (Å²) in [5, 5.41) is 0. The molecule has 0 nitrogen and oxygen atoms in total. The molecule has 0 aliphatic carbocycles. The summed E-state index contributed by atoms with van der Waals surface area (Å²) in [6, 6.07) is 9.03. The van der Waals surface area contributed by atoms with E-state index in [1.54, 1.807) is 0 Å². The van der Waals surface area contributed by atoms with E-state index in [2.05, 4.69) is 45.0 Å². The van der Waals surface area contributed by atoms with Gasteiger partial charge in [-0.1, -0.05) is 51.5 Å². The van der Waals surface area contributed by atoms with E-state index in [1.807, 2.05) is 0 Å². The van der Waals surface area contributed by atoms with Crippen LogP contribution >= 0.6 is 0 Å². The molecule has 0 atom stereocenters. The first-order valence-corrected chi connectivity index (χ1v) is 6.09. The molecule has 15 heavy (non-hydrogen) atoms. The molecule has 0 aliphatic heterocycles. The summed E-state index contributed by atoms with van der Waals surface area (Å²) in [6.45, 7) is 8.45. The molecule has 1 rings (SSSR count). The zero-order valence-corrected chi connectivity index (χ0v) is 10.1. The zero-order valence-electron chi connectivity index (χ0n) is 10.1. The van der Waals surface area contributed by atoms with E-state index >= 15 is 0 Å². The van der Waals surface area contributed by atoms with Crippen molar-refractivity contribution in [1.82, 2.24) is 0 Å². The van der Waals surface area contributed by atoms with Gasteiger partial charge in [-0.3, -0.25) is 0 Å². The van der Waals surface area contributed by atoms with Gasteiger partial charge in [-0.15, -0.1) is 0 Å². The number of rotatable bonds is 6. The summed E-state index contributed by atoms with van der Waals surface area (Å²) < 4.78 is 0. The third-order valence-electron chi connectivity index (χ3n) is 2.74. The van der Waals surface area contributed by atoms with Crippen LogP contribution in [-0.4, -0.2) is 0 Å². The van der Waals surface area contributed by atoms with Crippen LogP contribution in [0, 0.1) is 12.8 Å². The molecule has 0 spiro atoms. The van der Waals surface area contributed by atoms with Crippen LogP contribution in [-0.2, 0) is 12.8 Å². The highest BCUT2D eigenvalue weighted by atomic mass is 14.0. The molecule has 0 saturated heterocycles. The quantitative estimate of drug-likeness (QED) is 0.641. The predicted octanol–water partition coefficient (Wildman–Crippen LogP) is 4.43. The van der Waals surface area contributed by atoms with E-state index in [0.717, 1.165) is 18.8 Å². The molecule has 0 fully saturated rings. The van der Waals surface area contributed by atoms with E-state index < -0.39 is 0 Å². The fourth-order valence-electron chi connectivity index (χ4n) is 1.79. The van der Waals surface area contributed by atoms with Crippen LogP contribution in [0.15, 0.2) is 24.3 Å². The second kappa shape index (κ2) is 6.66. The first-order valence-electron chi connectivity index (χ1n) is 6.09. The van der Waals surface area contributed by atoms with Crippen molar-refractivity contribution in [2.75, 3.05) is 0 Å². The summed E-state index contributed by atoms with van der Waals surface area (Å²) in [5.41, 5.74) is 2.89. The zero-order chi connectivity index (χ0) is 11.1. The minimum Gasteiger partial charge on any atom is -0.0628 e. The third kappa shape index (κ3) is 5.01. The maximum absolute atomic E-state index is 3.87. The Hall–Kier alpha value is -0.780. The lowest BCUT2D eigenvalue weighted by atomic mass is 10.0. The van der Waals surface area contributed by atoms with Crippen LogP contribution < -0.4 is 0 Å². The van der Waals surface area contributed by atoms with Crippen molar-refractivity contribution in [2.24, 2.45) is 5.92 Å². The van der Waals surface area contributed by atoms with E-state index in [9.17, 15) is 0 Å². The highest BCUT2D eigenvalue weighted by Gasteiger charge is 1.97. The fraction of sp³-hybridized carbons (Fsp3) is 0.533. The predicted molar refractivity (Wildman–Crippen MR) is 67.9 cm³/mol. The molecule has 0 amide bonds. The monoisotopic (exact) mass is 203 g/mol. The van der Waals surface area contributed by atoms with E-state index in [1.165, 1.54) is 30.4 Å². The van der Waals surface area contributed by atoms with Crippen LogP contribution in [0.25, 0.3) is 0 Å². The SMILES string of the molecule is [CH2]CCc1ccc(CCCC(C)C)cc1. The summed E-state index contributed by atoms with van der Waals surface area (Å²) in [6.07, 6.45) is 5.97. The summed E-state index contributed by atoms with van der Waals surface area (Å²) >= 11 is 0. The molecule has 0 heterocycles. The topological polar surface area (TPSA) is 0 Å². The number of hydrogen-bond donors (Lipinski definition) is 0. The second-order valence-electron chi connectivity index (χ2n) is 4.71. The normalized spacial score (nSPS) is 10.9. The lowest BCUT2D eigenvalue weighted by Gasteiger charge is -2.05. The van der Waals surface area contributed by atoms with Gasteiger partial charge in [0.2, 0.25) is 0 Å². The minimum absolute atomic E-state index is 0.829. The number of benzene rings is 1. The Kier molecular flexibility index (Phi) is 5.45. The molecular formula is C15H23. The van der Waals surface area contributed by atoms with Crippen molar-refractivity contribution in [1.29, 1.82) is 0 Å². The van der Waals surface area contributed by atoms with Crippen LogP contribution in [0.5, 0.6) is 0 Å². The van der Waals surface area contributed by atoms with Gasteiger partial charge in [-0.2, -0.15) is 0 Å². The lowest BCUT2D eigenvalue weighted by molar-refractivity contribution is 0.556. The number of hydrogen-bond acceptors (Lipinski definition) is 0. The lowest BCUT2D eigenvalue weighted by Crippen LogP contribution is -1.91. The van der Waals surface area contributed by atoms with Crippen molar-refractivity contribution < 1.29 is 0 Å². The first kappa shape index (κ1) is 12.3. The largest absolute Gasteiger partial charge is 0.0628 e. The second-order valence-corrected chi connectivity index (χ2v) is 4.71. The van der Waals surface area contributed by atoms with Gasteiger partial charge >= 0.3 is 0 Å². The van der Waals surface area contributed by atoms with Gasteiger partial charge in [0.15, 0.2) is 0 Å². The summed E-state index contributed by atoms with van der Waals surface area (Å²) in [5.74, 6) is 0.829. The van der Waals surface area contributed by atoms with E-state index in [-0.39, 0.29) is 0 Å². The van der Waals surface area contributed by atoms with Crippen LogP contribution in [0.4, 0.5) is 0 Å². The Morgan fingerprint density at radius 1 is 1.00 bits per heavy atom. The maximum atomic E-state index is 3.87. The Labute approximate surface area is 94.7 Å². The molecule has 0 bridgehead atoms. The van der Waals surface area contributed by atoms with Gasteiger partial charge < -0.3 is 0 Å². The van der Waals surface area contributed by atoms with E-state index in [0.29, 0.717) is 0 Å². The summed E-state index contributed by atoms with van der Waals surface area (Å²) in [4.78, 5) is 0. The van der Waals surface area contributed by atoms with Gasteiger partial charge in [-0.25, -0.2) is 0 Å². The molecule has 0 aliphatic rings. The van der Waals surface area contributed by atoms with Crippen LogP contribution in [0.1, 0.15) is 44.2 Å². The Bertz CT molecular complexity index is 256. The molecule has 1 radical (unpaired) electrons. The highest BCUT2D eigenvalue weighted by Crippen LogP contribution is 2.11. The Morgan fingerprint density at radius 3 is 2.00 bits per heavy atom. The maximum Gasteiger partial charge on any atom is -0.0279 e. The van der Waals surface area contributed by atoms with Gasteiger partial charge in [0, 0.05) is 0 Å². The highest BCUT2D eigenvalue weighted by molar-refractivity contribution is 5.22. The average molecular weight is 203 g/mol. The van der Waals surface area contributed by atoms with Crippen molar-refractivity contribution >= 4 is 0 Å². The van der Waals surface area contributed by atoms with Crippen LogP contribution in [0.3, 0.4) is 0 Å². The number of aryl methyl sites for hydroxylation is 2. The molecule has 0 saturated carbocycles. The molecule has 0 N–H and O–H groups in total. The molecule has 1 aromatic rings. The van der Waals surface area contributed by atoms with Gasteiger partial charge in [-0.05, 0) is 42.7 Å². The van der Waals surface area contributed by atoms with Gasteiger partial charge in [0.1, 0.15) is 0 Å². The molecule has 83 valence electrons. The van der Waals surface area contributed by atoms with Crippen molar-refractivity contribution in [2.45, 2.75) is 46.0 Å².